The number of rotatable bonds is 1. The molecule has 0 aromatic heterocycles. The van der Waals surface area contributed by atoms with Gasteiger partial charge in [-0.05, 0) is 20.4 Å². The summed E-state index contributed by atoms with van der Waals surface area (Å²) in [6, 6.07) is 1.40. The van der Waals surface area contributed by atoms with Gasteiger partial charge in [-0.1, -0.05) is 6.92 Å². The summed E-state index contributed by atoms with van der Waals surface area (Å²) in [5.74, 6) is 0. The molecule has 0 saturated carbocycles. The van der Waals surface area contributed by atoms with Crippen molar-refractivity contribution in [3.05, 3.63) is 0 Å². The Kier molecular flexibility index (Phi) is 2.69. The van der Waals surface area contributed by atoms with E-state index in [-0.39, 0.29) is 0 Å². The first-order valence-corrected chi connectivity index (χ1v) is 4.21. The normalized spacial score (nSPS) is 36.3. The molecular weight excluding hydrogens is 124 g/mol. The Bertz CT molecular complexity index is 103. The smallest absolute Gasteiger partial charge is 0.0193 e. The van der Waals surface area contributed by atoms with E-state index in [1.54, 1.807) is 0 Å². The molecule has 1 saturated heterocycles. The summed E-state index contributed by atoms with van der Waals surface area (Å²) in [7, 11) is 0. The molecule has 0 spiro atoms. The quantitative estimate of drug-likeness (QED) is 0.579. The van der Waals surface area contributed by atoms with E-state index in [0.717, 1.165) is 12.6 Å². The van der Waals surface area contributed by atoms with Crippen LogP contribution in [0.15, 0.2) is 0 Å². The van der Waals surface area contributed by atoms with Gasteiger partial charge >= 0.3 is 0 Å². The molecule has 1 N–H and O–H groups in total. The third-order valence-corrected chi connectivity index (χ3v) is 2.30. The summed E-state index contributed by atoms with van der Waals surface area (Å²) >= 11 is 0. The third kappa shape index (κ3) is 1.70. The fourth-order valence-electron chi connectivity index (χ4n) is 1.54. The van der Waals surface area contributed by atoms with Crippen molar-refractivity contribution in [2.75, 3.05) is 19.6 Å². The molecule has 0 aliphatic carbocycles. The van der Waals surface area contributed by atoms with Crippen molar-refractivity contribution in [2.45, 2.75) is 32.9 Å². The van der Waals surface area contributed by atoms with E-state index in [1.807, 2.05) is 0 Å². The predicted molar refractivity (Wildman–Crippen MR) is 44.2 cm³/mol. The van der Waals surface area contributed by atoms with Crippen LogP contribution >= 0.6 is 0 Å². The molecule has 1 aliphatic heterocycles. The van der Waals surface area contributed by atoms with Crippen LogP contribution in [0.5, 0.6) is 0 Å². The van der Waals surface area contributed by atoms with Crippen LogP contribution in [0.3, 0.4) is 0 Å². The van der Waals surface area contributed by atoms with Crippen molar-refractivity contribution in [1.82, 2.24) is 10.2 Å². The molecule has 0 bridgehead atoms. The van der Waals surface area contributed by atoms with Gasteiger partial charge in [0.1, 0.15) is 0 Å². The van der Waals surface area contributed by atoms with Gasteiger partial charge in [0.15, 0.2) is 0 Å². The van der Waals surface area contributed by atoms with Crippen LogP contribution in [0.4, 0.5) is 0 Å². The Morgan fingerprint density at radius 2 is 2.20 bits per heavy atom. The van der Waals surface area contributed by atoms with Gasteiger partial charge in [-0.2, -0.15) is 0 Å². The second-order valence-corrected chi connectivity index (χ2v) is 3.25. The molecule has 1 heterocycles. The molecule has 1 rings (SSSR count). The minimum Gasteiger partial charge on any atom is -0.311 e. The molecule has 0 radical (unpaired) electrons. The van der Waals surface area contributed by atoms with Crippen molar-refractivity contribution in [2.24, 2.45) is 0 Å². The zero-order valence-electron chi connectivity index (χ0n) is 7.22. The van der Waals surface area contributed by atoms with Crippen LogP contribution in [0.2, 0.25) is 0 Å². The Hall–Kier alpha value is -0.0800. The Labute approximate surface area is 63.6 Å². The Morgan fingerprint density at radius 3 is 2.70 bits per heavy atom. The van der Waals surface area contributed by atoms with E-state index in [9.17, 15) is 0 Å². The maximum absolute atomic E-state index is 3.45. The number of nitrogens with one attached hydrogen (secondary N) is 1. The number of likely N-dealkylation sites (N-methyl/N-ethyl adjacent to an activating group) is 1. The second kappa shape index (κ2) is 3.35. The lowest BCUT2D eigenvalue weighted by atomic mass is 10.1. The van der Waals surface area contributed by atoms with Crippen LogP contribution in [-0.2, 0) is 0 Å². The van der Waals surface area contributed by atoms with E-state index in [2.05, 4.69) is 31.0 Å². The number of piperazine rings is 1. The summed E-state index contributed by atoms with van der Waals surface area (Å²) in [5.41, 5.74) is 0. The number of hydrogen-bond acceptors (Lipinski definition) is 2. The van der Waals surface area contributed by atoms with Crippen molar-refractivity contribution in [3.63, 3.8) is 0 Å². The van der Waals surface area contributed by atoms with Gasteiger partial charge in [0.25, 0.3) is 0 Å². The van der Waals surface area contributed by atoms with E-state index in [0.29, 0.717) is 6.04 Å². The SMILES string of the molecule is CCN1C[C@@H](C)NC[C@@H]1C. The van der Waals surface area contributed by atoms with E-state index in [4.69, 9.17) is 0 Å². The van der Waals surface area contributed by atoms with Crippen LogP contribution in [0.25, 0.3) is 0 Å². The van der Waals surface area contributed by atoms with Crippen molar-refractivity contribution in [3.8, 4) is 0 Å². The average molecular weight is 142 g/mol. The zero-order chi connectivity index (χ0) is 7.56. The molecule has 0 aromatic rings. The highest BCUT2D eigenvalue weighted by Gasteiger charge is 2.19. The molecule has 2 heteroatoms. The molecular formula is C8H18N2. The summed E-state index contributed by atoms with van der Waals surface area (Å²) < 4.78 is 0. The van der Waals surface area contributed by atoms with Crippen LogP contribution < -0.4 is 5.32 Å². The summed E-state index contributed by atoms with van der Waals surface area (Å²) in [6.07, 6.45) is 0. The van der Waals surface area contributed by atoms with Crippen molar-refractivity contribution in [1.29, 1.82) is 0 Å². The Morgan fingerprint density at radius 1 is 1.50 bits per heavy atom. The second-order valence-electron chi connectivity index (χ2n) is 3.25. The molecule has 0 amide bonds. The largest absolute Gasteiger partial charge is 0.311 e. The molecule has 10 heavy (non-hydrogen) atoms. The highest BCUT2D eigenvalue weighted by atomic mass is 15.2. The molecule has 1 fully saturated rings. The summed E-state index contributed by atoms with van der Waals surface area (Å²) in [5, 5.41) is 3.45. The van der Waals surface area contributed by atoms with Gasteiger partial charge < -0.3 is 5.32 Å². The van der Waals surface area contributed by atoms with E-state index < -0.39 is 0 Å². The van der Waals surface area contributed by atoms with Crippen molar-refractivity contribution >= 4 is 0 Å². The molecule has 2 nitrogen and oxygen atoms in total. The minimum atomic E-state index is 0.677. The molecule has 0 unspecified atom stereocenters. The maximum Gasteiger partial charge on any atom is 0.0193 e. The van der Waals surface area contributed by atoms with Crippen molar-refractivity contribution < 1.29 is 0 Å². The van der Waals surface area contributed by atoms with Gasteiger partial charge in [0, 0.05) is 25.2 Å². The standard InChI is InChI=1S/C8H18N2/c1-4-10-6-7(2)9-5-8(10)3/h7-9H,4-6H2,1-3H3/t7-,8+/m1/s1. The summed E-state index contributed by atoms with van der Waals surface area (Å²) in [4.78, 5) is 2.52. The topological polar surface area (TPSA) is 15.3 Å². The third-order valence-electron chi connectivity index (χ3n) is 2.30. The lowest BCUT2D eigenvalue weighted by molar-refractivity contribution is 0.154. The molecule has 2 atom stereocenters. The molecule has 60 valence electrons. The fraction of sp³-hybridized carbons (Fsp3) is 1.00. The predicted octanol–water partition coefficient (Wildman–Crippen LogP) is 0.689. The lowest BCUT2D eigenvalue weighted by Gasteiger charge is -2.36. The van der Waals surface area contributed by atoms with E-state index in [1.165, 1.54) is 13.1 Å². The molecule has 1 aliphatic rings. The highest BCUT2D eigenvalue weighted by Crippen LogP contribution is 2.04. The lowest BCUT2D eigenvalue weighted by Crippen LogP contribution is -2.53. The van der Waals surface area contributed by atoms with Gasteiger partial charge in [-0.3, -0.25) is 4.90 Å². The Balaban J connectivity index is 2.38. The molecule has 0 aromatic carbocycles. The van der Waals surface area contributed by atoms with Gasteiger partial charge in [0.2, 0.25) is 0 Å². The fourth-order valence-corrected chi connectivity index (χ4v) is 1.54. The summed E-state index contributed by atoms with van der Waals surface area (Å²) in [6.45, 7) is 10.3. The van der Waals surface area contributed by atoms with Gasteiger partial charge in [0.05, 0.1) is 0 Å². The van der Waals surface area contributed by atoms with Gasteiger partial charge in [-0.25, -0.2) is 0 Å². The first-order valence-electron chi connectivity index (χ1n) is 4.21. The van der Waals surface area contributed by atoms with Crippen LogP contribution in [0.1, 0.15) is 20.8 Å². The van der Waals surface area contributed by atoms with Crippen LogP contribution in [-0.4, -0.2) is 36.6 Å². The zero-order valence-corrected chi connectivity index (χ0v) is 7.22. The van der Waals surface area contributed by atoms with Gasteiger partial charge in [-0.15, -0.1) is 0 Å². The minimum absolute atomic E-state index is 0.677. The maximum atomic E-state index is 3.45. The average Bonchev–Trinajstić information content (AvgIpc) is 1.94. The van der Waals surface area contributed by atoms with Crippen LogP contribution in [0, 0.1) is 0 Å². The van der Waals surface area contributed by atoms with E-state index >= 15 is 0 Å². The highest BCUT2D eigenvalue weighted by molar-refractivity contribution is 4.79. The first kappa shape index (κ1) is 8.02. The monoisotopic (exact) mass is 142 g/mol. The first-order chi connectivity index (χ1) is 4.74. The number of hydrogen-bond donors (Lipinski definition) is 1. The number of nitrogens with zero attached hydrogens (tertiary/aromatic N) is 1.